The molecule has 1 aromatic heterocycles. The van der Waals surface area contributed by atoms with Gasteiger partial charge in [-0.2, -0.15) is 0 Å². The van der Waals surface area contributed by atoms with Crippen molar-refractivity contribution in [2.24, 2.45) is 0 Å². The highest BCUT2D eigenvalue weighted by atomic mass is 19.1. The summed E-state index contributed by atoms with van der Waals surface area (Å²) in [4.78, 5) is 16.2. The molecule has 1 aliphatic rings. The largest absolute Gasteiger partial charge is 0.504 e. The van der Waals surface area contributed by atoms with Crippen LogP contribution < -0.4 is 4.74 Å². The minimum atomic E-state index is -0.358. The third-order valence-electron chi connectivity index (χ3n) is 4.63. The van der Waals surface area contributed by atoms with Gasteiger partial charge in [0, 0.05) is 22.2 Å². The van der Waals surface area contributed by atoms with Gasteiger partial charge in [-0.15, -0.1) is 0 Å². The number of rotatable bonds is 3. The van der Waals surface area contributed by atoms with Crippen LogP contribution in [0.25, 0.3) is 17.0 Å². The Labute approximate surface area is 149 Å². The van der Waals surface area contributed by atoms with E-state index in [2.05, 4.69) is 4.98 Å². The van der Waals surface area contributed by atoms with Crippen LogP contribution in [0.2, 0.25) is 0 Å². The van der Waals surface area contributed by atoms with Gasteiger partial charge >= 0.3 is 0 Å². The molecule has 0 unspecified atom stereocenters. The molecule has 4 nitrogen and oxygen atoms in total. The highest BCUT2D eigenvalue weighted by molar-refractivity contribution is 6.19. The summed E-state index contributed by atoms with van der Waals surface area (Å²) in [6.45, 7) is 2.28. The lowest BCUT2D eigenvalue weighted by atomic mass is 9.88. The number of H-pyrrole nitrogens is 1. The Morgan fingerprint density at radius 2 is 2.08 bits per heavy atom. The number of allylic oxidation sites excluding steroid dienone is 1. The van der Waals surface area contributed by atoms with Crippen LogP contribution in [0.4, 0.5) is 4.39 Å². The summed E-state index contributed by atoms with van der Waals surface area (Å²) in [7, 11) is 0. The van der Waals surface area contributed by atoms with E-state index in [1.807, 2.05) is 13.0 Å². The average molecular weight is 351 g/mol. The second-order valence-corrected chi connectivity index (χ2v) is 6.33. The second-order valence-electron chi connectivity index (χ2n) is 6.33. The third kappa shape index (κ3) is 2.75. The zero-order chi connectivity index (χ0) is 18.3. The van der Waals surface area contributed by atoms with Crippen LogP contribution in [-0.2, 0) is 6.42 Å². The molecule has 0 saturated carbocycles. The number of aryl methyl sites for hydroxylation is 1. The Kier molecular flexibility index (Phi) is 3.99. The van der Waals surface area contributed by atoms with Crippen molar-refractivity contribution in [2.75, 3.05) is 6.61 Å². The lowest BCUT2D eigenvalue weighted by Crippen LogP contribution is -2.13. The van der Waals surface area contributed by atoms with E-state index in [1.54, 1.807) is 24.3 Å². The standard InChI is InChI=1S/C21H18FNO3/c1-2-26-19-10-12(3-8-18(19)24)9-13-4-6-17-20(21(13)25)15-11-14(22)5-7-16(15)23-17/h3,5,7-11,23-24H,2,4,6H2,1H3/b13-9+. The maximum Gasteiger partial charge on any atom is 0.191 e. The Balaban J connectivity index is 1.75. The fourth-order valence-electron chi connectivity index (χ4n) is 3.43. The number of halogens is 1. The molecule has 0 bridgehead atoms. The lowest BCUT2D eigenvalue weighted by Gasteiger charge is -2.14. The van der Waals surface area contributed by atoms with Crippen molar-refractivity contribution in [3.63, 3.8) is 0 Å². The van der Waals surface area contributed by atoms with Gasteiger partial charge in [0.2, 0.25) is 0 Å². The summed E-state index contributed by atoms with van der Waals surface area (Å²) < 4.78 is 19.0. The smallest absolute Gasteiger partial charge is 0.191 e. The summed E-state index contributed by atoms with van der Waals surface area (Å²) in [5, 5.41) is 10.4. The van der Waals surface area contributed by atoms with Gasteiger partial charge in [0.05, 0.1) is 12.2 Å². The average Bonchev–Trinajstić information content (AvgIpc) is 2.99. The van der Waals surface area contributed by atoms with Gasteiger partial charge in [-0.1, -0.05) is 6.07 Å². The summed E-state index contributed by atoms with van der Waals surface area (Å²) >= 11 is 0. The molecule has 0 saturated heterocycles. The molecule has 2 aromatic carbocycles. The summed E-state index contributed by atoms with van der Waals surface area (Å²) in [6, 6.07) is 9.45. The quantitative estimate of drug-likeness (QED) is 0.677. The molecule has 0 spiro atoms. The molecule has 0 atom stereocenters. The van der Waals surface area contributed by atoms with Gasteiger partial charge in [0.15, 0.2) is 17.3 Å². The van der Waals surface area contributed by atoms with Crippen LogP contribution in [-0.4, -0.2) is 22.5 Å². The van der Waals surface area contributed by atoms with Gasteiger partial charge in [0.1, 0.15) is 5.82 Å². The van der Waals surface area contributed by atoms with Crippen molar-refractivity contribution in [3.8, 4) is 11.5 Å². The minimum Gasteiger partial charge on any atom is -0.504 e. The molecule has 0 radical (unpaired) electrons. The number of hydrogen-bond acceptors (Lipinski definition) is 3. The molecule has 3 aromatic rings. The van der Waals surface area contributed by atoms with Crippen LogP contribution in [0.3, 0.4) is 0 Å². The number of hydrogen-bond donors (Lipinski definition) is 2. The maximum absolute atomic E-state index is 13.6. The monoisotopic (exact) mass is 351 g/mol. The normalized spacial score (nSPS) is 15.5. The molecule has 2 N–H and O–H groups in total. The number of aromatic nitrogens is 1. The fraction of sp³-hybridized carbons (Fsp3) is 0.190. The van der Waals surface area contributed by atoms with Crippen molar-refractivity contribution in [1.29, 1.82) is 0 Å². The zero-order valence-corrected chi connectivity index (χ0v) is 14.3. The first-order valence-corrected chi connectivity index (χ1v) is 8.58. The van der Waals surface area contributed by atoms with Gasteiger partial charge in [0.25, 0.3) is 0 Å². The van der Waals surface area contributed by atoms with Crippen LogP contribution in [0.1, 0.15) is 35.0 Å². The Morgan fingerprint density at radius 3 is 2.88 bits per heavy atom. The SMILES string of the molecule is CCOc1cc(/C=C2\CCc3[nH]c4ccc(F)cc4c3C2=O)ccc1O. The van der Waals surface area contributed by atoms with E-state index in [1.165, 1.54) is 12.1 Å². The Bertz CT molecular complexity index is 1050. The topological polar surface area (TPSA) is 62.3 Å². The first-order valence-electron chi connectivity index (χ1n) is 8.58. The van der Waals surface area contributed by atoms with Gasteiger partial charge in [-0.05, 0) is 61.7 Å². The summed E-state index contributed by atoms with van der Waals surface area (Å²) in [6.07, 6.45) is 3.11. The third-order valence-corrected chi connectivity index (χ3v) is 4.63. The zero-order valence-electron chi connectivity index (χ0n) is 14.3. The number of ether oxygens (including phenoxy) is 1. The summed E-state index contributed by atoms with van der Waals surface area (Å²) in [5.74, 6) is 0.00977. The van der Waals surface area contributed by atoms with Crippen molar-refractivity contribution in [2.45, 2.75) is 19.8 Å². The molecular formula is C21H18FNO3. The van der Waals surface area contributed by atoms with Crippen molar-refractivity contribution in [1.82, 2.24) is 4.98 Å². The van der Waals surface area contributed by atoms with Crippen LogP contribution in [0.5, 0.6) is 11.5 Å². The second kappa shape index (κ2) is 6.33. The molecule has 26 heavy (non-hydrogen) atoms. The van der Waals surface area contributed by atoms with Crippen LogP contribution >= 0.6 is 0 Å². The number of ketones is 1. The molecule has 0 aliphatic heterocycles. The molecule has 5 heteroatoms. The van der Waals surface area contributed by atoms with Crippen LogP contribution in [0.15, 0.2) is 42.0 Å². The van der Waals surface area contributed by atoms with E-state index in [4.69, 9.17) is 4.74 Å². The van der Waals surface area contributed by atoms with Crippen molar-refractivity contribution >= 4 is 22.8 Å². The predicted molar refractivity (Wildman–Crippen MR) is 98.2 cm³/mol. The Hall–Kier alpha value is -3.08. The van der Waals surface area contributed by atoms with E-state index in [-0.39, 0.29) is 17.3 Å². The highest BCUT2D eigenvalue weighted by Gasteiger charge is 2.26. The molecular weight excluding hydrogens is 333 g/mol. The van der Waals surface area contributed by atoms with E-state index in [9.17, 15) is 14.3 Å². The van der Waals surface area contributed by atoms with Crippen LogP contribution in [0, 0.1) is 5.82 Å². The summed E-state index contributed by atoms with van der Waals surface area (Å²) in [5.41, 5.74) is 3.63. The molecule has 1 aliphatic carbocycles. The van der Waals surface area contributed by atoms with Crippen molar-refractivity contribution < 1.29 is 19.0 Å². The molecule has 4 rings (SSSR count). The molecule has 1 heterocycles. The first kappa shape index (κ1) is 16.4. The number of phenolic OH excluding ortho intramolecular Hbond substituents is 1. The number of carbonyl (C=O) groups is 1. The molecule has 0 amide bonds. The van der Waals surface area contributed by atoms with E-state index >= 15 is 0 Å². The number of carbonyl (C=O) groups excluding carboxylic acids is 1. The van der Waals surface area contributed by atoms with E-state index in [0.29, 0.717) is 41.7 Å². The van der Waals surface area contributed by atoms with E-state index < -0.39 is 0 Å². The number of nitrogens with one attached hydrogen (secondary N) is 1. The predicted octanol–water partition coefficient (Wildman–Crippen LogP) is 4.62. The maximum atomic E-state index is 13.6. The number of fused-ring (bicyclic) bond motifs is 3. The van der Waals surface area contributed by atoms with Gasteiger partial charge < -0.3 is 14.8 Å². The number of benzene rings is 2. The number of aromatic hydroxyl groups is 1. The number of aromatic amines is 1. The highest BCUT2D eigenvalue weighted by Crippen LogP contribution is 2.34. The van der Waals surface area contributed by atoms with Gasteiger partial charge in [-0.25, -0.2) is 4.39 Å². The van der Waals surface area contributed by atoms with Gasteiger partial charge in [-0.3, -0.25) is 4.79 Å². The van der Waals surface area contributed by atoms with Crippen molar-refractivity contribution in [3.05, 3.63) is 64.6 Å². The number of phenols is 1. The fourth-order valence-corrected chi connectivity index (χ4v) is 3.43. The van der Waals surface area contributed by atoms with E-state index in [0.717, 1.165) is 16.8 Å². The number of Topliss-reactive ketones (excluding diaryl/α,β-unsaturated/α-hetero) is 1. The molecule has 0 fully saturated rings. The lowest BCUT2D eigenvalue weighted by molar-refractivity contribution is 0.102. The first-order chi connectivity index (χ1) is 12.6. The molecule has 132 valence electrons. The Morgan fingerprint density at radius 1 is 1.23 bits per heavy atom. The minimum absolute atomic E-state index is 0.0679.